The van der Waals surface area contributed by atoms with Crippen LogP contribution in [0.2, 0.25) is 0 Å². The Balaban J connectivity index is 1.54. The fourth-order valence-electron chi connectivity index (χ4n) is 4.15. The summed E-state index contributed by atoms with van der Waals surface area (Å²) in [6.45, 7) is 4.80. The molecule has 8 nitrogen and oxygen atoms in total. The molecule has 1 N–H and O–H groups in total. The van der Waals surface area contributed by atoms with Crippen molar-refractivity contribution in [3.05, 3.63) is 70.4 Å². The van der Waals surface area contributed by atoms with Gasteiger partial charge in [0.25, 0.3) is 5.91 Å². The van der Waals surface area contributed by atoms with Crippen molar-refractivity contribution in [3.8, 4) is 11.5 Å². The summed E-state index contributed by atoms with van der Waals surface area (Å²) in [6.07, 6.45) is 0.452. The van der Waals surface area contributed by atoms with E-state index < -0.39 is 18.0 Å². The van der Waals surface area contributed by atoms with Gasteiger partial charge < -0.3 is 19.7 Å². The van der Waals surface area contributed by atoms with E-state index in [0.29, 0.717) is 42.4 Å². The lowest BCUT2D eigenvalue weighted by molar-refractivity contribution is -0.124. The van der Waals surface area contributed by atoms with E-state index in [-0.39, 0.29) is 12.3 Å². The third-order valence-corrected chi connectivity index (χ3v) is 7.09. The largest absolute Gasteiger partial charge is 0.497 e. The fraction of sp³-hybridized carbons (Fsp3) is 0.296. The van der Waals surface area contributed by atoms with Crippen LogP contribution in [0.3, 0.4) is 0 Å². The molecule has 0 unspecified atom stereocenters. The van der Waals surface area contributed by atoms with Crippen LogP contribution in [-0.4, -0.2) is 49.0 Å². The van der Waals surface area contributed by atoms with Gasteiger partial charge in [0.2, 0.25) is 5.91 Å². The Kier molecular flexibility index (Phi) is 7.90. The highest BCUT2D eigenvalue weighted by Crippen LogP contribution is 2.30. The molecule has 4 rings (SSSR count). The number of nitrogens with one attached hydrogen (secondary N) is 1. The SMILES string of the molecule is CCOc1ccc(NC(=O)C[C@@H]2C(=O)N(c3cccc(OC)c3)C(=O)N2CCc2sccc2C)cc1. The summed E-state index contributed by atoms with van der Waals surface area (Å²) in [5.41, 5.74) is 2.15. The zero-order chi connectivity index (χ0) is 25.7. The maximum atomic E-state index is 13.5. The molecular weight excluding hydrogens is 478 g/mol. The lowest BCUT2D eigenvalue weighted by atomic mass is 10.1. The molecule has 0 radical (unpaired) electrons. The number of ether oxygens (including phenoxy) is 2. The number of anilines is 2. The molecule has 36 heavy (non-hydrogen) atoms. The summed E-state index contributed by atoms with van der Waals surface area (Å²) in [5, 5.41) is 4.83. The minimum Gasteiger partial charge on any atom is -0.497 e. The summed E-state index contributed by atoms with van der Waals surface area (Å²) in [5.74, 6) is 0.453. The smallest absolute Gasteiger partial charge is 0.332 e. The lowest BCUT2D eigenvalue weighted by Gasteiger charge is -2.21. The number of benzene rings is 2. The monoisotopic (exact) mass is 507 g/mol. The Hall–Kier alpha value is -3.85. The molecule has 4 amide bonds. The normalized spacial score (nSPS) is 15.4. The van der Waals surface area contributed by atoms with Gasteiger partial charge in [-0.25, -0.2) is 9.69 Å². The van der Waals surface area contributed by atoms with Crippen LogP contribution in [0.1, 0.15) is 23.8 Å². The first kappa shape index (κ1) is 25.2. The van der Waals surface area contributed by atoms with Gasteiger partial charge in [-0.1, -0.05) is 6.07 Å². The van der Waals surface area contributed by atoms with Crippen LogP contribution in [0.5, 0.6) is 11.5 Å². The molecule has 9 heteroatoms. The number of hydrogen-bond donors (Lipinski definition) is 1. The topological polar surface area (TPSA) is 88.2 Å². The van der Waals surface area contributed by atoms with E-state index >= 15 is 0 Å². The number of carbonyl (C=O) groups is 3. The third-order valence-electron chi connectivity index (χ3n) is 6.01. The predicted molar refractivity (Wildman–Crippen MR) is 140 cm³/mol. The van der Waals surface area contributed by atoms with E-state index in [1.165, 1.54) is 12.0 Å². The van der Waals surface area contributed by atoms with Crippen molar-refractivity contribution < 1.29 is 23.9 Å². The molecule has 1 atom stereocenters. The maximum absolute atomic E-state index is 13.5. The Labute approximate surface area is 214 Å². The number of urea groups is 1. The van der Waals surface area contributed by atoms with Crippen molar-refractivity contribution in [1.29, 1.82) is 0 Å². The second kappa shape index (κ2) is 11.3. The molecule has 1 fully saturated rings. The van der Waals surface area contributed by atoms with Gasteiger partial charge in [-0.15, -0.1) is 11.3 Å². The first-order valence-electron chi connectivity index (χ1n) is 11.8. The predicted octanol–water partition coefficient (Wildman–Crippen LogP) is 4.87. The van der Waals surface area contributed by atoms with E-state index in [0.717, 1.165) is 15.3 Å². The Morgan fingerprint density at radius 3 is 2.53 bits per heavy atom. The highest BCUT2D eigenvalue weighted by Gasteiger charge is 2.46. The zero-order valence-electron chi connectivity index (χ0n) is 20.5. The lowest BCUT2D eigenvalue weighted by Crippen LogP contribution is -2.39. The van der Waals surface area contributed by atoms with Crippen molar-refractivity contribution in [2.75, 3.05) is 30.5 Å². The van der Waals surface area contributed by atoms with Gasteiger partial charge in [-0.05, 0) is 73.7 Å². The maximum Gasteiger partial charge on any atom is 0.332 e. The van der Waals surface area contributed by atoms with Crippen molar-refractivity contribution in [2.45, 2.75) is 32.7 Å². The van der Waals surface area contributed by atoms with Crippen LogP contribution in [0.25, 0.3) is 0 Å². The van der Waals surface area contributed by atoms with Crippen LogP contribution in [0.4, 0.5) is 16.2 Å². The molecule has 0 aliphatic carbocycles. The van der Waals surface area contributed by atoms with Crippen LogP contribution in [0, 0.1) is 6.92 Å². The number of nitrogens with zero attached hydrogens (tertiary/aromatic N) is 2. The fourth-order valence-corrected chi connectivity index (χ4v) is 5.05. The number of thiophene rings is 1. The Morgan fingerprint density at radius 1 is 1.08 bits per heavy atom. The number of amides is 4. The van der Waals surface area contributed by atoms with Gasteiger partial charge in [0.1, 0.15) is 17.5 Å². The van der Waals surface area contributed by atoms with Gasteiger partial charge in [0.05, 0.1) is 25.8 Å². The molecular formula is C27H29N3O5S. The Morgan fingerprint density at radius 2 is 1.86 bits per heavy atom. The van der Waals surface area contributed by atoms with Crippen molar-refractivity contribution >= 4 is 40.6 Å². The first-order chi connectivity index (χ1) is 17.4. The molecule has 0 spiro atoms. The summed E-state index contributed by atoms with van der Waals surface area (Å²) < 4.78 is 10.7. The number of carbonyl (C=O) groups excluding carboxylic acids is 3. The second-order valence-electron chi connectivity index (χ2n) is 8.35. The number of hydrogen-bond acceptors (Lipinski definition) is 6. The quantitative estimate of drug-likeness (QED) is 0.396. The molecule has 1 aliphatic rings. The summed E-state index contributed by atoms with van der Waals surface area (Å²) in [7, 11) is 1.52. The summed E-state index contributed by atoms with van der Waals surface area (Å²) in [4.78, 5) is 43.7. The van der Waals surface area contributed by atoms with Crippen LogP contribution in [-0.2, 0) is 16.0 Å². The van der Waals surface area contributed by atoms with E-state index in [2.05, 4.69) is 5.32 Å². The summed E-state index contributed by atoms with van der Waals surface area (Å²) in [6, 6.07) is 14.5. The standard InChI is InChI=1S/C27H29N3O5S/c1-4-35-21-10-8-19(9-11-21)28-25(31)17-23-26(32)30(20-6-5-7-22(16-20)34-3)27(33)29(23)14-12-24-18(2)13-15-36-24/h5-11,13,15-16,23H,4,12,14,17H2,1-3H3,(H,28,31)/t23-/m1/s1. The van der Waals surface area contributed by atoms with Crippen molar-refractivity contribution in [1.82, 2.24) is 4.90 Å². The van der Waals surface area contributed by atoms with Gasteiger partial charge in [0, 0.05) is 23.2 Å². The van der Waals surface area contributed by atoms with Crippen LogP contribution >= 0.6 is 11.3 Å². The molecule has 1 aliphatic heterocycles. The molecule has 1 saturated heterocycles. The minimum absolute atomic E-state index is 0.151. The van der Waals surface area contributed by atoms with E-state index in [9.17, 15) is 14.4 Å². The average Bonchev–Trinajstić information content (AvgIpc) is 3.38. The number of methoxy groups -OCH3 is 1. The first-order valence-corrected chi connectivity index (χ1v) is 12.6. The molecule has 3 aromatic rings. The molecule has 0 saturated carbocycles. The molecule has 188 valence electrons. The van der Waals surface area contributed by atoms with Crippen LogP contribution in [0.15, 0.2) is 60.0 Å². The van der Waals surface area contributed by atoms with Gasteiger partial charge in [-0.2, -0.15) is 0 Å². The highest BCUT2D eigenvalue weighted by atomic mass is 32.1. The minimum atomic E-state index is -0.910. The number of imide groups is 1. The van der Waals surface area contributed by atoms with Gasteiger partial charge in [-0.3, -0.25) is 9.59 Å². The number of rotatable bonds is 10. The van der Waals surface area contributed by atoms with E-state index in [1.807, 2.05) is 25.3 Å². The second-order valence-corrected chi connectivity index (χ2v) is 9.35. The Bertz CT molecular complexity index is 1240. The number of aryl methyl sites for hydroxylation is 1. The molecule has 2 heterocycles. The van der Waals surface area contributed by atoms with E-state index in [1.54, 1.807) is 59.9 Å². The van der Waals surface area contributed by atoms with Crippen molar-refractivity contribution in [3.63, 3.8) is 0 Å². The average molecular weight is 508 g/mol. The van der Waals surface area contributed by atoms with Crippen LogP contribution < -0.4 is 19.7 Å². The van der Waals surface area contributed by atoms with Crippen molar-refractivity contribution in [2.24, 2.45) is 0 Å². The third kappa shape index (κ3) is 5.52. The zero-order valence-corrected chi connectivity index (χ0v) is 21.3. The molecule has 1 aromatic heterocycles. The van der Waals surface area contributed by atoms with E-state index in [4.69, 9.17) is 9.47 Å². The summed E-state index contributed by atoms with van der Waals surface area (Å²) >= 11 is 1.62. The highest BCUT2D eigenvalue weighted by molar-refractivity contribution is 7.10. The molecule has 0 bridgehead atoms. The van der Waals surface area contributed by atoms with Gasteiger partial charge in [0.15, 0.2) is 0 Å². The molecule has 2 aromatic carbocycles. The van der Waals surface area contributed by atoms with Gasteiger partial charge >= 0.3 is 6.03 Å².